The third-order valence-corrected chi connectivity index (χ3v) is 4.44. The molecule has 2 fully saturated rings. The molecule has 0 radical (unpaired) electrons. The Kier molecular flexibility index (Phi) is 5.88. The molecule has 3 atom stereocenters. The average molecular weight is 297 g/mol. The van der Waals surface area contributed by atoms with Crippen molar-refractivity contribution < 1.29 is 9.90 Å². The molecule has 5 nitrogen and oxygen atoms in total. The van der Waals surface area contributed by atoms with Gasteiger partial charge in [0, 0.05) is 38.3 Å². The molecule has 5 heteroatoms. The molecule has 1 saturated carbocycles. The summed E-state index contributed by atoms with van der Waals surface area (Å²) in [5, 5.41) is 12.2. The number of carbonyl (C=O) groups is 1. The van der Waals surface area contributed by atoms with Crippen molar-refractivity contribution in [2.45, 2.75) is 52.1 Å². The van der Waals surface area contributed by atoms with E-state index in [-0.39, 0.29) is 18.7 Å². The summed E-state index contributed by atoms with van der Waals surface area (Å²) < 4.78 is 0. The van der Waals surface area contributed by atoms with Crippen LogP contribution in [0.5, 0.6) is 0 Å². The van der Waals surface area contributed by atoms with Crippen molar-refractivity contribution in [3.05, 3.63) is 0 Å². The Morgan fingerprint density at radius 3 is 2.48 bits per heavy atom. The van der Waals surface area contributed by atoms with Gasteiger partial charge in [-0.25, -0.2) is 4.79 Å². The second-order valence-electron chi connectivity index (χ2n) is 7.16. The Hall–Kier alpha value is -0.810. The van der Waals surface area contributed by atoms with Gasteiger partial charge >= 0.3 is 6.03 Å². The lowest BCUT2D eigenvalue weighted by atomic mass is 9.92. The van der Waals surface area contributed by atoms with E-state index in [9.17, 15) is 4.79 Å². The number of urea groups is 1. The predicted octanol–water partition coefficient (Wildman–Crippen LogP) is 1.52. The number of aliphatic hydroxyl groups excluding tert-OH is 1. The fourth-order valence-corrected chi connectivity index (χ4v) is 3.61. The summed E-state index contributed by atoms with van der Waals surface area (Å²) in [6.45, 7) is 10.4. The van der Waals surface area contributed by atoms with E-state index < -0.39 is 0 Å². The van der Waals surface area contributed by atoms with Gasteiger partial charge in [-0.15, -0.1) is 0 Å². The van der Waals surface area contributed by atoms with Gasteiger partial charge in [-0.3, -0.25) is 0 Å². The van der Waals surface area contributed by atoms with Gasteiger partial charge in [-0.2, -0.15) is 0 Å². The maximum Gasteiger partial charge on any atom is 0.317 e. The molecule has 2 aliphatic rings. The molecule has 2 amide bonds. The molecule has 0 aromatic heterocycles. The number of piperidine rings is 1. The number of nitrogens with zero attached hydrogens (tertiary/aromatic N) is 2. The van der Waals surface area contributed by atoms with Gasteiger partial charge in [-0.1, -0.05) is 13.8 Å². The van der Waals surface area contributed by atoms with Gasteiger partial charge in [0.25, 0.3) is 0 Å². The van der Waals surface area contributed by atoms with E-state index in [1.54, 1.807) is 4.90 Å². The highest BCUT2D eigenvalue weighted by Gasteiger charge is 2.32. The Balaban J connectivity index is 1.77. The monoisotopic (exact) mass is 297 g/mol. The molecule has 0 spiro atoms. The van der Waals surface area contributed by atoms with Crippen molar-refractivity contribution in [1.82, 2.24) is 15.1 Å². The van der Waals surface area contributed by atoms with E-state index in [1.807, 2.05) is 0 Å². The maximum absolute atomic E-state index is 12.3. The number of likely N-dealkylation sites (tertiary alicyclic amines) is 1. The van der Waals surface area contributed by atoms with Crippen LogP contribution in [-0.2, 0) is 0 Å². The van der Waals surface area contributed by atoms with Crippen molar-refractivity contribution in [3.63, 3.8) is 0 Å². The maximum atomic E-state index is 12.3. The largest absolute Gasteiger partial charge is 0.395 e. The molecule has 0 bridgehead atoms. The van der Waals surface area contributed by atoms with Gasteiger partial charge in [0.1, 0.15) is 0 Å². The number of hydrogen-bond acceptors (Lipinski definition) is 3. The molecule has 3 unspecified atom stereocenters. The molecule has 1 aliphatic carbocycles. The average Bonchev–Trinajstić information content (AvgIpc) is 3.18. The number of rotatable bonds is 6. The fraction of sp³-hybridized carbons (Fsp3) is 0.938. The molecule has 2 N–H and O–H groups in total. The Morgan fingerprint density at radius 1 is 1.33 bits per heavy atom. The molecule has 1 aliphatic heterocycles. The van der Waals surface area contributed by atoms with E-state index >= 15 is 0 Å². The van der Waals surface area contributed by atoms with Crippen molar-refractivity contribution in [2.75, 3.05) is 32.8 Å². The minimum absolute atomic E-state index is 0.0165. The SMILES string of the molecule is CC1CC(C)CN(CC(C)NC(=O)N(CCO)C2CC2)C1. The standard InChI is InChI=1S/C16H31N3O2/c1-12-8-13(2)10-18(9-12)11-14(3)17-16(21)19(6-7-20)15-4-5-15/h12-15,20H,4-11H2,1-3H3,(H,17,21). The van der Waals surface area contributed by atoms with Crippen molar-refractivity contribution in [2.24, 2.45) is 11.8 Å². The van der Waals surface area contributed by atoms with Gasteiger partial charge < -0.3 is 20.2 Å². The van der Waals surface area contributed by atoms with E-state index in [4.69, 9.17) is 5.11 Å². The minimum atomic E-state index is -0.0165. The van der Waals surface area contributed by atoms with E-state index in [0.29, 0.717) is 12.6 Å². The van der Waals surface area contributed by atoms with Crippen molar-refractivity contribution >= 4 is 6.03 Å². The summed E-state index contributed by atoms with van der Waals surface area (Å²) in [6, 6.07) is 0.478. The van der Waals surface area contributed by atoms with Crippen LogP contribution >= 0.6 is 0 Å². The van der Waals surface area contributed by atoms with Gasteiger partial charge in [-0.05, 0) is 38.0 Å². The zero-order valence-electron chi connectivity index (χ0n) is 13.7. The van der Waals surface area contributed by atoms with Crippen LogP contribution in [0.3, 0.4) is 0 Å². The topological polar surface area (TPSA) is 55.8 Å². The number of amides is 2. The zero-order chi connectivity index (χ0) is 15.4. The Bertz CT molecular complexity index is 336. The zero-order valence-corrected chi connectivity index (χ0v) is 13.7. The lowest BCUT2D eigenvalue weighted by molar-refractivity contribution is 0.127. The quantitative estimate of drug-likeness (QED) is 0.781. The van der Waals surface area contributed by atoms with E-state index in [1.165, 1.54) is 6.42 Å². The Labute approximate surface area is 128 Å². The first-order chi connectivity index (χ1) is 9.99. The first-order valence-electron chi connectivity index (χ1n) is 8.40. The molecule has 21 heavy (non-hydrogen) atoms. The van der Waals surface area contributed by atoms with E-state index in [0.717, 1.165) is 44.3 Å². The van der Waals surface area contributed by atoms with Crippen LogP contribution in [0.4, 0.5) is 4.79 Å². The summed E-state index contributed by atoms with van der Waals surface area (Å²) in [5.41, 5.74) is 0. The predicted molar refractivity (Wildman–Crippen MR) is 84.2 cm³/mol. The van der Waals surface area contributed by atoms with Crippen LogP contribution in [0.25, 0.3) is 0 Å². The lowest BCUT2D eigenvalue weighted by Crippen LogP contribution is -2.51. The molecule has 1 saturated heterocycles. The summed E-state index contributed by atoms with van der Waals surface area (Å²) in [5.74, 6) is 1.49. The van der Waals surface area contributed by atoms with Crippen molar-refractivity contribution in [1.29, 1.82) is 0 Å². The fourth-order valence-electron chi connectivity index (χ4n) is 3.61. The highest BCUT2D eigenvalue weighted by molar-refractivity contribution is 5.75. The minimum Gasteiger partial charge on any atom is -0.395 e. The van der Waals surface area contributed by atoms with Crippen molar-refractivity contribution in [3.8, 4) is 0 Å². The number of nitrogens with one attached hydrogen (secondary N) is 1. The van der Waals surface area contributed by atoms with Crippen LogP contribution in [0.15, 0.2) is 0 Å². The number of aliphatic hydroxyl groups is 1. The molecule has 0 aromatic carbocycles. The summed E-state index contributed by atoms with van der Waals surface area (Å²) in [6.07, 6.45) is 3.45. The third-order valence-electron chi connectivity index (χ3n) is 4.44. The first kappa shape index (κ1) is 16.6. The molecule has 1 heterocycles. The molecule has 122 valence electrons. The highest BCUT2D eigenvalue weighted by Crippen LogP contribution is 2.26. The number of carbonyl (C=O) groups excluding carboxylic acids is 1. The summed E-state index contributed by atoms with van der Waals surface area (Å²) >= 11 is 0. The summed E-state index contributed by atoms with van der Waals surface area (Å²) in [7, 11) is 0. The molecular weight excluding hydrogens is 266 g/mol. The normalized spacial score (nSPS) is 28.2. The smallest absolute Gasteiger partial charge is 0.317 e. The lowest BCUT2D eigenvalue weighted by Gasteiger charge is -2.36. The van der Waals surface area contributed by atoms with Crippen LogP contribution < -0.4 is 5.32 Å². The molecule has 0 aromatic rings. The molecular formula is C16H31N3O2. The van der Waals surface area contributed by atoms with Gasteiger partial charge in [0.05, 0.1) is 6.61 Å². The second-order valence-corrected chi connectivity index (χ2v) is 7.16. The van der Waals surface area contributed by atoms with Crippen LogP contribution in [-0.4, -0.2) is 65.8 Å². The first-order valence-corrected chi connectivity index (χ1v) is 8.40. The second kappa shape index (κ2) is 7.45. The molecule has 2 rings (SSSR count). The number of hydrogen-bond donors (Lipinski definition) is 2. The van der Waals surface area contributed by atoms with E-state index in [2.05, 4.69) is 31.0 Å². The van der Waals surface area contributed by atoms with Gasteiger partial charge in [0.15, 0.2) is 0 Å². The van der Waals surface area contributed by atoms with Crippen LogP contribution in [0.1, 0.15) is 40.0 Å². The van der Waals surface area contributed by atoms with Crippen LogP contribution in [0.2, 0.25) is 0 Å². The highest BCUT2D eigenvalue weighted by atomic mass is 16.3. The summed E-state index contributed by atoms with van der Waals surface area (Å²) in [4.78, 5) is 16.5. The Morgan fingerprint density at radius 2 is 1.95 bits per heavy atom. The van der Waals surface area contributed by atoms with Crippen LogP contribution in [0, 0.1) is 11.8 Å². The third kappa shape index (κ3) is 5.15. The van der Waals surface area contributed by atoms with Gasteiger partial charge in [0.2, 0.25) is 0 Å².